The van der Waals surface area contributed by atoms with E-state index in [2.05, 4.69) is 0 Å². The number of benzene rings is 2. The summed E-state index contributed by atoms with van der Waals surface area (Å²) in [5.41, 5.74) is 0. The zero-order valence-corrected chi connectivity index (χ0v) is 15.9. The van der Waals surface area contributed by atoms with E-state index in [0.29, 0.717) is 13.2 Å². The number of rotatable bonds is 6. The van der Waals surface area contributed by atoms with Gasteiger partial charge in [0, 0.05) is 0 Å². The average Bonchev–Trinajstić information content (AvgIpc) is 2.49. The van der Waals surface area contributed by atoms with Crippen LogP contribution in [0.5, 0.6) is 11.5 Å². The Hall–Kier alpha value is -0.590. The van der Waals surface area contributed by atoms with Crippen LogP contribution >= 0.6 is 17.9 Å². The van der Waals surface area contributed by atoms with Crippen molar-refractivity contribution in [1.29, 1.82) is 0 Å². The van der Waals surface area contributed by atoms with Crippen LogP contribution in [-0.2, 0) is 0 Å². The third-order valence-electron chi connectivity index (χ3n) is 2.86. The second kappa shape index (κ2) is 7.61. The van der Waals surface area contributed by atoms with Gasteiger partial charge in [0.2, 0.25) is 0 Å². The van der Waals surface area contributed by atoms with Gasteiger partial charge >= 0.3 is 138 Å². The van der Waals surface area contributed by atoms with Crippen LogP contribution < -0.4 is 16.7 Å². The number of hydrogen-bond donors (Lipinski definition) is 0. The van der Waals surface area contributed by atoms with Crippen molar-refractivity contribution in [3.63, 3.8) is 0 Å². The van der Waals surface area contributed by atoms with Crippen LogP contribution in [0.4, 0.5) is 0 Å². The number of halogens is 2. The molecular formula is C16H18Cl2O2Te. The Balaban J connectivity index is 2.23. The summed E-state index contributed by atoms with van der Waals surface area (Å²) in [6, 6.07) is 15.5. The quantitative estimate of drug-likeness (QED) is 0.640. The molecule has 0 N–H and O–H groups in total. The van der Waals surface area contributed by atoms with Gasteiger partial charge in [-0.2, -0.15) is 0 Å². The molecular weight excluding hydrogens is 423 g/mol. The van der Waals surface area contributed by atoms with Crippen LogP contribution in [0.2, 0.25) is 0 Å². The molecule has 0 bridgehead atoms. The van der Waals surface area contributed by atoms with Crippen LogP contribution in [0, 0.1) is 0 Å². The van der Waals surface area contributed by atoms with E-state index < -0.39 is 15.9 Å². The predicted octanol–water partition coefficient (Wildman–Crippen LogP) is 3.52. The van der Waals surface area contributed by atoms with Crippen molar-refractivity contribution < 1.29 is 9.47 Å². The summed E-state index contributed by atoms with van der Waals surface area (Å²) in [4.78, 5) is 0. The standard InChI is InChI=1S/C16H18Cl2O2Te/c1-3-19-13-5-9-15(10-6-13)21(17,18)16-11-7-14(8-12-16)20-4-2/h5-12H,3-4H2,1-2H3. The van der Waals surface area contributed by atoms with Crippen LogP contribution in [0.3, 0.4) is 0 Å². The number of hydrogen-bond acceptors (Lipinski definition) is 2. The third-order valence-corrected chi connectivity index (χ3v) is 12.6. The molecule has 0 aromatic heterocycles. The monoisotopic (exact) mass is 442 g/mol. The van der Waals surface area contributed by atoms with Crippen molar-refractivity contribution in [2.45, 2.75) is 13.8 Å². The Morgan fingerprint density at radius 2 is 1.05 bits per heavy atom. The van der Waals surface area contributed by atoms with E-state index in [9.17, 15) is 0 Å². The van der Waals surface area contributed by atoms with Gasteiger partial charge in [-0.3, -0.25) is 0 Å². The first kappa shape index (κ1) is 16.8. The zero-order valence-electron chi connectivity index (χ0n) is 12.0. The molecule has 0 aliphatic carbocycles. The Bertz CT molecular complexity index is 516. The van der Waals surface area contributed by atoms with E-state index in [1.165, 1.54) is 0 Å². The molecule has 0 saturated heterocycles. The first-order chi connectivity index (χ1) is 10.1. The van der Waals surface area contributed by atoms with Gasteiger partial charge in [-0.15, -0.1) is 0 Å². The number of ether oxygens (including phenoxy) is 2. The summed E-state index contributed by atoms with van der Waals surface area (Å²) in [5.74, 6) is 1.67. The van der Waals surface area contributed by atoms with Crippen molar-refractivity contribution in [1.82, 2.24) is 0 Å². The van der Waals surface area contributed by atoms with Gasteiger partial charge in [-0.05, 0) is 0 Å². The average molecular weight is 441 g/mol. The molecule has 0 aliphatic heterocycles. The minimum atomic E-state index is -3.31. The summed E-state index contributed by atoms with van der Waals surface area (Å²) in [7, 11) is 13.4. The summed E-state index contributed by atoms with van der Waals surface area (Å²) >= 11 is -3.31. The maximum absolute atomic E-state index is 6.72. The van der Waals surface area contributed by atoms with E-state index >= 15 is 0 Å². The molecule has 114 valence electrons. The van der Waals surface area contributed by atoms with Gasteiger partial charge in [0.15, 0.2) is 0 Å². The Kier molecular flexibility index (Phi) is 6.08. The van der Waals surface area contributed by atoms with E-state index in [4.69, 9.17) is 27.4 Å². The van der Waals surface area contributed by atoms with E-state index in [0.717, 1.165) is 18.7 Å². The molecule has 0 heterocycles. The van der Waals surface area contributed by atoms with Crippen LogP contribution in [0.25, 0.3) is 0 Å². The first-order valence-electron chi connectivity index (χ1n) is 6.76. The Morgan fingerprint density at radius 3 is 1.33 bits per heavy atom. The van der Waals surface area contributed by atoms with Gasteiger partial charge in [0.25, 0.3) is 0 Å². The molecule has 0 unspecified atom stereocenters. The molecule has 21 heavy (non-hydrogen) atoms. The molecule has 2 aromatic rings. The fourth-order valence-corrected chi connectivity index (χ4v) is 8.15. The minimum absolute atomic E-state index is 0.646. The van der Waals surface area contributed by atoms with Crippen molar-refractivity contribution in [3.05, 3.63) is 48.5 Å². The summed E-state index contributed by atoms with van der Waals surface area (Å²) < 4.78 is 12.9. The van der Waals surface area contributed by atoms with E-state index in [-0.39, 0.29) is 0 Å². The second-order valence-electron chi connectivity index (χ2n) is 4.28. The summed E-state index contributed by atoms with van der Waals surface area (Å²) in [6.07, 6.45) is 0. The molecule has 0 atom stereocenters. The van der Waals surface area contributed by atoms with Gasteiger partial charge in [0.1, 0.15) is 0 Å². The molecule has 0 amide bonds. The van der Waals surface area contributed by atoms with Crippen molar-refractivity contribution in [3.8, 4) is 11.5 Å². The molecule has 0 aliphatic rings. The maximum atomic E-state index is 6.72. The fraction of sp³-hybridized carbons (Fsp3) is 0.250. The van der Waals surface area contributed by atoms with Gasteiger partial charge in [0.05, 0.1) is 0 Å². The van der Waals surface area contributed by atoms with Crippen molar-refractivity contribution in [2.75, 3.05) is 13.2 Å². The third kappa shape index (κ3) is 4.20. The van der Waals surface area contributed by atoms with Crippen LogP contribution in [0.1, 0.15) is 13.8 Å². The van der Waals surface area contributed by atoms with E-state index in [1.807, 2.05) is 62.4 Å². The Morgan fingerprint density at radius 1 is 0.714 bits per heavy atom. The van der Waals surface area contributed by atoms with Crippen LogP contribution in [-0.4, -0.2) is 29.2 Å². The van der Waals surface area contributed by atoms with Crippen LogP contribution in [0.15, 0.2) is 48.5 Å². The molecule has 2 aromatic carbocycles. The topological polar surface area (TPSA) is 18.5 Å². The Labute approximate surface area is 137 Å². The van der Waals surface area contributed by atoms with Crippen molar-refractivity contribution in [2.24, 2.45) is 0 Å². The van der Waals surface area contributed by atoms with Crippen molar-refractivity contribution >= 4 is 41.1 Å². The zero-order chi connectivity index (χ0) is 15.3. The molecule has 0 saturated carbocycles. The molecule has 5 heteroatoms. The summed E-state index contributed by atoms with van der Waals surface area (Å²) in [6.45, 7) is 5.21. The van der Waals surface area contributed by atoms with E-state index in [1.54, 1.807) is 0 Å². The first-order valence-corrected chi connectivity index (χ1v) is 15.0. The molecule has 0 radical (unpaired) electrons. The predicted molar refractivity (Wildman–Crippen MR) is 92.0 cm³/mol. The fourth-order valence-electron chi connectivity index (χ4n) is 1.88. The molecule has 2 rings (SSSR count). The normalized spacial score (nSPS) is 12.0. The second-order valence-corrected chi connectivity index (χ2v) is 16.9. The SMILES string of the molecule is CCOc1ccc([Te](Cl)(Cl)c2ccc(OCC)cc2)cc1. The molecule has 0 fully saturated rings. The molecule has 0 spiro atoms. The molecule has 2 nitrogen and oxygen atoms in total. The van der Waals surface area contributed by atoms with Gasteiger partial charge in [-0.1, -0.05) is 0 Å². The summed E-state index contributed by atoms with van der Waals surface area (Å²) in [5, 5.41) is 0. The van der Waals surface area contributed by atoms with Gasteiger partial charge in [-0.25, -0.2) is 0 Å². The van der Waals surface area contributed by atoms with Gasteiger partial charge < -0.3 is 0 Å².